The molecule has 10 heavy (non-hydrogen) atoms. The number of allylic oxidation sites excluding steroid dienone is 2. The number of halogens is 1. The summed E-state index contributed by atoms with van der Waals surface area (Å²) in [5.74, 6) is 0.653. The van der Waals surface area contributed by atoms with Crippen LogP contribution in [-0.4, -0.2) is 6.61 Å². The third-order valence-corrected chi connectivity index (χ3v) is 0.854. The number of hydrogen-bond acceptors (Lipinski definition) is 3. The quantitative estimate of drug-likeness (QED) is 0.667. The SMILES string of the molecule is CCOC1=CC=CON1.Cl. The molecule has 0 saturated carbocycles. The molecule has 0 aromatic heterocycles. The number of hydroxylamine groups is 1. The van der Waals surface area contributed by atoms with Gasteiger partial charge < -0.3 is 9.57 Å². The van der Waals surface area contributed by atoms with Crippen LogP contribution in [0.4, 0.5) is 0 Å². The molecule has 0 aromatic carbocycles. The Hall–Kier alpha value is -0.830. The second kappa shape index (κ2) is 4.99. The van der Waals surface area contributed by atoms with Crippen molar-refractivity contribution < 1.29 is 9.57 Å². The van der Waals surface area contributed by atoms with Crippen LogP contribution in [0.1, 0.15) is 6.92 Å². The molecular formula is C6H10ClNO2. The highest BCUT2D eigenvalue weighted by Crippen LogP contribution is 1.97. The lowest BCUT2D eigenvalue weighted by Crippen LogP contribution is -2.15. The standard InChI is InChI=1S/C6H9NO2.ClH/c1-2-8-6-4-3-5-9-7-6;/h3-5,7H,2H2,1H3;1H. The topological polar surface area (TPSA) is 30.5 Å². The summed E-state index contributed by atoms with van der Waals surface area (Å²) in [4.78, 5) is 4.71. The van der Waals surface area contributed by atoms with Crippen molar-refractivity contribution in [2.45, 2.75) is 6.92 Å². The summed E-state index contributed by atoms with van der Waals surface area (Å²) in [7, 11) is 0. The molecule has 0 spiro atoms. The lowest BCUT2D eigenvalue weighted by molar-refractivity contribution is 0.0748. The lowest BCUT2D eigenvalue weighted by atomic mass is 10.5. The average molecular weight is 164 g/mol. The second-order valence-electron chi connectivity index (χ2n) is 1.51. The van der Waals surface area contributed by atoms with E-state index >= 15 is 0 Å². The van der Waals surface area contributed by atoms with Crippen LogP contribution in [0.3, 0.4) is 0 Å². The zero-order chi connectivity index (χ0) is 6.53. The summed E-state index contributed by atoms with van der Waals surface area (Å²) >= 11 is 0. The van der Waals surface area contributed by atoms with E-state index in [1.165, 1.54) is 0 Å². The first-order valence-electron chi connectivity index (χ1n) is 2.85. The first-order valence-corrected chi connectivity index (χ1v) is 2.85. The Morgan fingerprint density at radius 2 is 2.50 bits per heavy atom. The monoisotopic (exact) mass is 163 g/mol. The van der Waals surface area contributed by atoms with E-state index in [4.69, 9.17) is 9.57 Å². The van der Waals surface area contributed by atoms with Crippen molar-refractivity contribution in [1.82, 2.24) is 5.48 Å². The Morgan fingerprint density at radius 1 is 1.70 bits per heavy atom. The average Bonchev–Trinajstić information content (AvgIpc) is 1.91. The normalized spacial score (nSPS) is 13.9. The molecule has 0 amide bonds. The van der Waals surface area contributed by atoms with Crippen molar-refractivity contribution in [1.29, 1.82) is 0 Å². The minimum Gasteiger partial charge on any atom is -0.478 e. The Bertz CT molecular complexity index is 145. The zero-order valence-electron chi connectivity index (χ0n) is 5.66. The van der Waals surface area contributed by atoms with E-state index in [0.29, 0.717) is 12.5 Å². The van der Waals surface area contributed by atoms with Crippen molar-refractivity contribution in [3.05, 3.63) is 24.3 Å². The Balaban J connectivity index is 0.000000810. The summed E-state index contributed by atoms with van der Waals surface area (Å²) in [6.07, 6.45) is 5.11. The maximum atomic E-state index is 5.06. The third-order valence-electron chi connectivity index (χ3n) is 0.854. The molecule has 0 aliphatic carbocycles. The summed E-state index contributed by atoms with van der Waals surface area (Å²) < 4.78 is 5.06. The highest BCUT2D eigenvalue weighted by molar-refractivity contribution is 5.85. The molecule has 4 heteroatoms. The van der Waals surface area contributed by atoms with Crippen molar-refractivity contribution in [2.24, 2.45) is 0 Å². The van der Waals surface area contributed by atoms with Crippen molar-refractivity contribution in [3.63, 3.8) is 0 Å². The molecule has 0 radical (unpaired) electrons. The van der Waals surface area contributed by atoms with Crippen molar-refractivity contribution in [2.75, 3.05) is 6.61 Å². The second-order valence-corrected chi connectivity index (χ2v) is 1.51. The van der Waals surface area contributed by atoms with Crippen LogP contribution in [0.15, 0.2) is 24.3 Å². The maximum Gasteiger partial charge on any atom is 0.220 e. The van der Waals surface area contributed by atoms with Gasteiger partial charge in [-0.2, -0.15) is 5.48 Å². The van der Waals surface area contributed by atoms with Gasteiger partial charge in [0.1, 0.15) is 6.26 Å². The number of nitrogens with one attached hydrogen (secondary N) is 1. The summed E-state index contributed by atoms with van der Waals surface area (Å²) in [5, 5.41) is 0. The van der Waals surface area contributed by atoms with E-state index in [1.54, 1.807) is 18.4 Å². The molecular weight excluding hydrogens is 154 g/mol. The van der Waals surface area contributed by atoms with Gasteiger partial charge in [-0.25, -0.2) is 0 Å². The van der Waals surface area contributed by atoms with Gasteiger partial charge >= 0.3 is 0 Å². The van der Waals surface area contributed by atoms with Crippen LogP contribution in [0.25, 0.3) is 0 Å². The third kappa shape index (κ3) is 2.64. The van der Waals surface area contributed by atoms with E-state index in [1.807, 2.05) is 6.92 Å². The number of rotatable bonds is 2. The zero-order valence-corrected chi connectivity index (χ0v) is 6.48. The van der Waals surface area contributed by atoms with Crippen LogP contribution in [0.5, 0.6) is 0 Å². The van der Waals surface area contributed by atoms with Gasteiger partial charge in [0, 0.05) is 6.08 Å². The van der Waals surface area contributed by atoms with Gasteiger partial charge in [0.15, 0.2) is 0 Å². The van der Waals surface area contributed by atoms with Gasteiger partial charge in [-0.3, -0.25) is 0 Å². The fourth-order valence-corrected chi connectivity index (χ4v) is 0.525. The number of hydrogen-bond donors (Lipinski definition) is 1. The van der Waals surface area contributed by atoms with E-state index in [9.17, 15) is 0 Å². The molecule has 0 fully saturated rings. The van der Waals surface area contributed by atoms with Crippen molar-refractivity contribution >= 4 is 12.4 Å². The number of ether oxygens (including phenoxy) is 1. The van der Waals surface area contributed by atoms with E-state index in [-0.39, 0.29) is 12.4 Å². The molecule has 0 unspecified atom stereocenters. The largest absolute Gasteiger partial charge is 0.478 e. The van der Waals surface area contributed by atoms with Gasteiger partial charge in [0.05, 0.1) is 6.61 Å². The Morgan fingerprint density at radius 3 is 3.00 bits per heavy atom. The first kappa shape index (κ1) is 9.17. The van der Waals surface area contributed by atoms with Gasteiger partial charge in [0.2, 0.25) is 5.88 Å². The molecule has 1 aliphatic rings. The molecule has 0 saturated heterocycles. The summed E-state index contributed by atoms with van der Waals surface area (Å²) in [6.45, 7) is 2.57. The molecule has 1 rings (SSSR count). The van der Waals surface area contributed by atoms with Crippen LogP contribution < -0.4 is 5.48 Å². The highest BCUT2D eigenvalue weighted by Gasteiger charge is 1.95. The lowest BCUT2D eigenvalue weighted by Gasteiger charge is -2.11. The highest BCUT2D eigenvalue weighted by atomic mass is 35.5. The predicted molar refractivity (Wildman–Crippen MR) is 40.3 cm³/mol. The molecule has 0 atom stereocenters. The van der Waals surface area contributed by atoms with Gasteiger partial charge in [0.25, 0.3) is 0 Å². The smallest absolute Gasteiger partial charge is 0.220 e. The predicted octanol–water partition coefficient (Wildman–Crippen LogP) is 1.33. The summed E-state index contributed by atoms with van der Waals surface area (Å²) in [5.41, 5.74) is 2.57. The van der Waals surface area contributed by atoms with Crippen LogP contribution in [0.2, 0.25) is 0 Å². The van der Waals surface area contributed by atoms with Gasteiger partial charge in [-0.1, -0.05) is 0 Å². The fourth-order valence-electron chi connectivity index (χ4n) is 0.525. The molecule has 3 nitrogen and oxygen atoms in total. The van der Waals surface area contributed by atoms with Gasteiger partial charge in [-0.15, -0.1) is 12.4 Å². The summed E-state index contributed by atoms with van der Waals surface area (Å²) in [6, 6.07) is 0. The first-order chi connectivity index (χ1) is 4.43. The minimum absolute atomic E-state index is 0. The molecule has 58 valence electrons. The van der Waals surface area contributed by atoms with Crippen LogP contribution in [0, 0.1) is 0 Å². The van der Waals surface area contributed by atoms with E-state index in [2.05, 4.69) is 5.48 Å². The molecule has 1 aliphatic heterocycles. The molecule has 1 heterocycles. The minimum atomic E-state index is 0. The Kier molecular flexibility index (Phi) is 4.58. The van der Waals surface area contributed by atoms with E-state index < -0.39 is 0 Å². The van der Waals surface area contributed by atoms with Crippen LogP contribution >= 0.6 is 12.4 Å². The van der Waals surface area contributed by atoms with E-state index in [0.717, 1.165) is 0 Å². The fraction of sp³-hybridized carbons (Fsp3) is 0.333. The van der Waals surface area contributed by atoms with Crippen molar-refractivity contribution in [3.8, 4) is 0 Å². The molecule has 0 aromatic rings. The molecule has 1 N–H and O–H groups in total. The van der Waals surface area contributed by atoms with Crippen LogP contribution in [-0.2, 0) is 9.57 Å². The molecule has 0 bridgehead atoms. The maximum absolute atomic E-state index is 5.06. The van der Waals surface area contributed by atoms with Gasteiger partial charge in [-0.05, 0) is 13.0 Å². The Labute approximate surface area is 66.1 Å².